The molecule has 1 heteroatoms. The zero-order chi connectivity index (χ0) is 9.56. The Hall–Kier alpha value is -0.850. The Bertz CT molecular complexity index is 197. The Morgan fingerprint density at radius 1 is 1.50 bits per heavy atom. The normalized spacial score (nSPS) is 13.8. The zero-order valence-corrected chi connectivity index (χ0v) is 8.10. The van der Waals surface area contributed by atoms with Crippen molar-refractivity contribution in [1.82, 2.24) is 0 Å². The van der Waals surface area contributed by atoms with Gasteiger partial charge in [0.15, 0.2) is 0 Å². The summed E-state index contributed by atoms with van der Waals surface area (Å²) in [7, 11) is 0. The van der Waals surface area contributed by atoms with Gasteiger partial charge < -0.3 is 0 Å². The SMILES string of the molecule is C=C/C=C\C(=C(\F)CC)C(C)C. The van der Waals surface area contributed by atoms with Gasteiger partial charge in [0, 0.05) is 0 Å². The highest BCUT2D eigenvalue weighted by Gasteiger charge is 2.04. The first-order chi connectivity index (χ1) is 5.63. The molecule has 0 N–H and O–H groups in total. The molecule has 0 aromatic rings. The second kappa shape index (κ2) is 5.76. The van der Waals surface area contributed by atoms with Crippen molar-refractivity contribution >= 4 is 0 Å². The van der Waals surface area contributed by atoms with E-state index in [9.17, 15) is 4.39 Å². The second-order valence-corrected chi connectivity index (χ2v) is 2.96. The van der Waals surface area contributed by atoms with Crippen LogP contribution in [0.4, 0.5) is 4.39 Å². The lowest BCUT2D eigenvalue weighted by molar-refractivity contribution is 0.573. The molecule has 0 unspecified atom stereocenters. The molecule has 0 rings (SSSR count). The van der Waals surface area contributed by atoms with Gasteiger partial charge in [0.25, 0.3) is 0 Å². The highest BCUT2D eigenvalue weighted by Crippen LogP contribution is 2.19. The van der Waals surface area contributed by atoms with Gasteiger partial charge in [0.1, 0.15) is 5.83 Å². The van der Waals surface area contributed by atoms with Crippen molar-refractivity contribution < 1.29 is 4.39 Å². The lowest BCUT2D eigenvalue weighted by atomic mass is 10.0. The van der Waals surface area contributed by atoms with E-state index in [1.807, 2.05) is 20.8 Å². The summed E-state index contributed by atoms with van der Waals surface area (Å²) in [6.07, 6.45) is 5.68. The van der Waals surface area contributed by atoms with Crippen LogP contribution in [0.25, 0.3) is 0 Å². The Morgan fingerprint density at radius 3 is 2.42 bits per heavy atom. The van der Waals surface area contributed by atoms with Crippen LogP contribution in [0.15, 0.2) is 36.2 Å². The summed E-state index contributed by atoms with van der Waals surface area (Å²) in [6, 6.07) is 0. The van der Waals surface area contributed by atoms with Crippen LogP contribution in [-0.4, -0.2) is 0 Å². The first kappa shape index (κ1) is 11.2. The third kappa shape index (κ3) is 3.51. The predicted octanol–water partition coefficient (Wildman–Crippen LogP) is 4.02. The highest BCUT2D eigenvalue weighted by molar-refractivity contribution is 5.26. The van der Waals surface area contributed by atoms with Gasteiger partial charge in [-0.25, -0.2) is 4.39 Å². The van der Waals surface area contributed by atoms with E-state index < -0.39 is 0 Å². The molecule has 0 aromatic carbocycles. The molecule has 0 radical (unpaired) electrons. The Morgan fingerprint density at radius 2 is 2.08 bits per heavy atom. The molecular formula is C11H17F. The standard InChI is InChI=1S/C11H17F/c1-5-7-8-10(9(3)4)11(12)6-2/h5,7-9H,1,6H2,2-4H3/b8-7-,11-10-. The summed E-state index contributed by atoms with van der Waals surface area (Å²) < 4.78 is 13.2. The molecular weight excluding hydrogens is 151 g/mol. The summed E-state index contributed by atoms with van der Waals surface area (Å²) in [5, 5.41) is 0. The number of allylic oxidation sites excluding steroid dienone is 5. The minimum atomic E-state index is -0.0249. The van der Waals surface area contributed by atoms with E-state index in [1.54, 1.807) is 18.2 Å². The molecule has 0 fully saturated rings. The predicted molar refractivity (Wildman–Crippen MR) is 52.6 cm³/mol. The molecule has 0 aliphatic heterocycles. The molecule has 0 amide bonds. The van der Waals surface area contributed by atoms with Gasteiger partial charge in [-0.05, 0) is 17.9 Å². The minimum absolute atomic E-state index is 0.0249. The Labute approximate surface area is 74.5 Å². The monoisotopic (exact) mass is 168 g/mol. The molecule has 12 heavy (non-hydrogen) atoms. The van der Waals surface area contributed by atoms with Crippen molar-refractivity contribution in [2.24, 2.45) is 5.92 Å². The fourth-order valence-electron chi connectivity index (χ4n) is 0.972. The molecule has 68 valence electrons. The summed E-state index contributed by atoms with van der Waals surface area (Å²) in [6.45, 7) is 9.33. The molecule has 0 saturated carbocycles. The molecule has 0 aliphatic carbocycles. The van der Waals surface area contributed by atoms with Crippen molar-refractivity contribution in [3.8, 4) is 0 Å². The van der Waals surface area contributed by atoms with E-state index in [-0.39, 0.29) is 11.7 Å². The number of hydrogen-bond donors (Lipinski definition) is 0. The summed E-state index contributed by atoms with van der Waals surface area (Å²) in [5.74, 6) is 0.212. The van der Waals surface area contributed by atoms with Crippen LogP contribution in [0.5, 0.6) is 0 Å². The van der Waals surface area contributed by atoms with Crippen molar-refractivity contribution in [3.63, 3.8) is 0 Å². The maximum Gasteiger partial charge on any atom is 0.103 e. The Balaban J connectivity index is 4.65. The van der Waals surface area contributed by atoms with Gasteiger partial charge in [-0.1, -0.05) is 45.6 Å². The van der Waals surface area contributed by atoms with E-state index in [0.29, 0.717) is 6.42 Å². The third-order valence-electron chi connectivity index (χ3n) is 1.66. The number of halogens is 1. The van der Waals surface area contributed by atoms with Crippen LogP contribution < -0.4 is 0 Å². The molecule has 0 atom stereocenters. The van der Waals surface area contributed by atoms with Gasteiger partial charge in [-0.3, -0.25) is 0 Å². The topological polar surface area (TPSA) is 0 Å². The first-order valence-corrected chi connectivity index (χ1v) is 4.31. The van der Waals surface area contributed by atoms with Crippen molar-refractivity contribution in [2.45, 2.75) is 27.2 Å². The van der Waals surface area contributed by atoms with Crippen LogP contribution >= 0.6 is 0 Å². The largest absolute Gasteiger partial charge is 0.212 e. The van der Waals surface area contributed by atoms with Crippen LogP contribution in [0.3, 0.4) is 0 Å². The van der Waals surface area contributed by atoms with Crippen LogP contribution in [0.1, 0.15) is 27.2 Å². The molecule has 0 heterocycles. The number of hydrogen-bond acceptors (Lipinski definition) is 0. The quantitative estimate of drug-likeness (QED) is 0.556. The fraction of sp³-hybridized carbons (Fsp3) is 0.455. The van der Waals surface area contributed by atoms with E-state index in [2.05, 4.69) is 6.58 Å². The molecule has 0 aliphatic rings. The summed E-state index contributed by atoms with van der Waals surface area (Å²) in [4.78, 5) is 0. The van der Waals surface area contributed by atoms with E-state index in [1.165, 1.54) is 0 Å². The van der Waals surface area contributed by atoms with Gasteiger partial charge in [-0.15, -0.1) is 0 Å². The maximum atomic E-state index is 13.2. The second-order valence-electron chi connectivity index (χ2n) is 2.96. The van der Waals surface area contributed by atoms with Gasteiger partial charge in [0.05, 0.1) is 0 Å². The third-order valence-corrected chi connectivity index (χ3v) is 1.66. The smallest absolute Gasteiger partial charge is 0.103 e. The lowest BCUT2D eigenvalue weighted by Gasteiger charge is -2.07. The minimum Gasteiger partial charge on any atom is -0.212 e. The van der Waals surface area contributed by atoms with Crippen LogP contribution in [0, 0.1) is 5.92 Å². The average molecular weight is 168 g/mol. The van der Waals surface area contributed by atoms with E-state index in [4.69, 9.17) is 0 Å². The summed E-state index contributed by atoms with van der Waals surface area (Å²) in [5.41, 5.74) is 0.775. The van der Waals surface area contributed by atoms with Crippen molar-refractivity contribution in [1.29, 1.82) is 0 Å². The van der Waals surface area contributed by atoms with Crippen LogP contribution in [0.2, 0.25) is 0 Å². The summed E-state index contributed by atoms with van der Waals surface area (Å²) >= 11 is 0. The van der Waals surface area contributed by atoms with Gasteiger partial charge >= 0.3 is 0 Å². The highest BCUT2D eigenvalue weighted by atomic mass is 19.1. The van der Waals surface area contributed by atoms with Crippen LogP contribution in [-0.2, 0) is 0 Å². The van der Waals surface area contributed by atoms with Gasteiger partial charge in [0.2, 0.25) is 0 Å². The number of rotatable bonds is 4. The zero-order valence-electron chi connectivity index (χ0n) is 8.10. The van der Waals surface area contributed by atoms with Crippen molar-refractivity contribution in [2.75, 3.05) is 0 Å². The fourth-order valence-corrected chi connectivity index (χ4v) is 0.972. The van der Waals surface area contributed by atoms with E-state index in [0.717, 1.165) is 5.57 Å². The molecule has 0 nitrogen and oxygen atoms in total. The van der Waals surface area contributed by atoms with Gasteiger partial charge in [-0.2, -0.15) is 0 Å². The Kier molecular flexibility index (Phi) is 5.35. The average Bonchev–Trinajstić information content (AvgIpc) is 2.04. The molecule has 0 saturated heterocycles. The molecule has 0 spiro atoms. The lowest BCUT2D eigenvalue weighted by Crippen LogP contribution is -1.93. The van der Waals surface area contributed by atoms with Crippen molar-refractivity contribution in [3.05, 3.63) is 36.2 Å². The first-order valence-electron chi connectivity index (χ1n) is 4.31. The van der Waals surface area contributed by atoms with E-state index >= 15 is 0 Å². The molecule has 0 bridgehead atoms. The molecule has 0 aromatic heterocycles. The maximum absolute atomic E-state index is 13.2.